The van der Waals surface area contributed by atoms with Gasteiger partial charge >= 0.3 is 5.97 Å². The third-order valence-corrected chi connectivity index (χ3v) is 6.12. The highest BCUT2D eigenvalue weighted by Crippen LogP contribution is 2.40. The molecule has 0 unspecified atom stereocenters. The molecule has 0 saturated carbocycles. The molecule has 3 aromatic rings. The molecule has 0 aliphatic carbocycles. The number of ether oxygens (including phenoxy) is 1. The lowest BCUT2D eigenvalue weighted by Crippen LogP contribution is -2.44. The van der Waals surface area contributed by atoms with Crippen LogP contribution in [0.1, 0.15) is 42.5 Å². The Morgan fingerprint density at radius 2 is 2.06 bits per heavy atom. The van der Waals surface area contributed by atoms with Gasteiger partial charge in [-0.05, 0) is 37.1 Å². The first-order valence-electron chi connectivity index (χ1n) is 10.1. The van der Waals surface area contributed by atoms with Crippen LogP contribution in [-0.4, -0.2) is 26.4 Å². The van der Waals surface area contributed by atoms with E-state index in [2.05, 4.69) is 0 Å². The summed E-state index contributed by atoms with van der Waals surface area (Å²) in [4.78, 5) is 42.0. The zero-order chi connectivity index (χ0) is 21.9. The molecule has 0 spiro atoms. The smallest absolute Gasteiger partial charge is 0.343 e. The number of cyclic esters (lactones) is 1. The first kappa shape index (κ1) is 19.4. The molecule has 31 heavy (non-hydrogen) atoms. The molecule has 0 amide bonds. The van der Waals surface area contributed by atoms with E-state index in [0.29, 0.717) is 11.4 Å². The van der Waals surface area contributed by atoms with Gasteiger partial charge in [0.05, 0.1) is 29.0 Å². The molecule has 2 aliphatic rings. The number of ketones is 1. The molecule has 1 atom stereocenters. The van der Waals surface area contributed by atoms with Crippen LogP contribution in [0, 0.1) is 0 Å². The Bertz CT molecular complexity index is 1380. The fourth-order valence-corrected chi connectivity index (χ4v) is 4.45. The summed E-state index contributed by atoms with van der Waals surface area (Å²) in [6.45, 7) is 3.27. The average Bonchev–Trinajstić information content (AvgIpc) is 3.13. The first-order valence-corrected chi connectivity index (χ1v) is 10.1. The molecule has 0 radical (unpaired) electrons. The predicted octanol–water partition coefficient (Wildman–Crippen LogP) is 2.68. The minimum atomic E-state index is -1.86. The maximum absolute atomic E-state index is 13.3. The van der Waals surface area contributed by atoms with E-state index >= 15 is 0 Å². The second-order valence-electron chi connectivity index (χ2n) is 7.92. The number of benzene rings is 1. The van der Waals surface area contributed by atoms with Crippen LogP contribution in [0.4, 0.5) is 0 Å². The zero-order valence-electron chi connectivity index (χ0n) is 17.1. The van der Waals surface area contributed by atoms with Crippen molar-refractivity contribution in [1.29, 1.82) is 0 Å². The average molecular weight is 416 g/mol. The number of esters is 1. The summed E-state index contributed by atoms with van der Waals surface area (Å²) in [5, 5.41) is 11.9. The number of aromatic nitrogens is 2. The number of carbonyl (C=O) groups is 2. The second kappa shape index (κ2) is 6.72. The summed E-state index contributed by atoms with van der Waals surface area (Å²) < 4.78 is 6.71. The maximum atomic E-state index is 13.3. The van der Waals surface area contributed by atoms with E-state index in [9.17, 15) is 19.5 Å². The molecule has 7 nitrogen and oxygen atoms in total. The Balaban J connectivity index is 1.83. The summed E-state index contributed by atoms with van der Waals surface area (Å²) in [6, 6.07) is 9.27. The number of para-hydroxylation sites is 1. The molecule has 7 heteroatoms. The maximum Gasteiger partial charge on any atom is 0.343 e. The summed E-state index contributed by atoms with van der Waals surface area (Å²) in [6.07, 6.45) is 3.35. The number of pyridine rings is 2. The molecular weight excluding hydrogens is 396 g/mol. The topological polar surface area (TPSA) is 98.5 Å². The molecule has 156 valence electrons. The Labute approximate surface area is 177 Å². The van der Waals surface area contributed by atoms with E-state index < -0.39 is 11.6 Å². The van der Waals surface area contributed by atoms with Gasteiger partial charge in [-0.3, -0.25) is 9.59 Å². The van der Waals surface area contributed by atoms with Gasteiger partial charge in [0.2, 0.25) is 0 Å². The van der Waals surface area contributed by atoms with Crippen molar-refractivity contribution in [2.75, 3.05) is 0 Å². The van der Waals surface area contributed by atoms with Crippen LogP contribution in [-0.2, 0) is 33.1 Å². The highest BCUT2D eigenvalue weighted by atomic mass is 16.6. The molecule has 0 fully saturated rings. The Kier molecular flexibility index (Phi) is 4.20. The molecule has 0 bridgehead atoms. The van der Waals surface area contributed by atoms with Gasteiger partial charge in [0, 0.05) is 16.5 Å². The summed E-state index contributed by atoms with van der Waals surface area (Å²) >= 11 is 0. The first-order chi connectivity index (χ1) is 14.8. The van der Waals surface area contributed by atoms with Crippen LogP contribution in [0.25, 0.3) is 28.4 Å². The number of hydrogen-bond donors (Lipinski definition) is 1. The van der Waals surface area contributed by atoms with Gasteiger partial charge < -0.3 is 14.4 Å². The van der Waals surface area contributed by atoms with E-state index in [1.165, 1.54) is 13.0 Å². The molecule has 2 aromatic heterocycles. The Hall–Kier alpha value is -3.58. The van der Waals surface area contributed by atoms with E-state index in [4.69, 9.17) is 9.72 Å². The van der Waals surface area contributed by atoms with Crippen LogP contribution in [0.3, 0.4) is 0 Å². The number of allylic oxidation sites excluding steroid dienone is 1. The SMILES string of the molecule is CC[C@@]1(O)C(=O)OCc2c1cc1n(c2=O)Cc2c-1nc1ccccc1c2/C=C/C(C)=O. The van der Waals surface area contributed by atoms with Crippen molar-refractivity contribution in [3.63, 3.8) is 0 Å². The molecule has 2 aliphatic heterocycles. The summed E-state index contributed by atoms with van der Waals surface area (Å²) in [5.74, 6) is -0.830. The van der Waals surface area contributed by atoms with Crippen LogP contribution >= 0.6 is 0 Å². The zero-order valence-corrected chi connectivity index (χ0v) is 17.1. The number of carbonyl (C=O) groups excluding carboxylic acids is 2. The minimum Gasteiger partial charge on any atom is -0.458 e. The molecule has 1 N–H and O–H groups in total. The van der Waals surface area contributed by atoms with Crippen LogP contribution in [0.2, 0.25) is 0 Å². The highest BCUT2D eigenvalue weighted by molar-refractivity contribution is 5.98. The van der Waals surface area contributed by atoms with Crippen LogP contribution < -0.4 is 5.56 Å². The van der Waals surface area contributed by atoms with Gasteiger partial charge in [-0.15, -0.1) is 0 Å². The third kappa shape index (κ3) is 2.70. The fraction of sp³-hybridized carbons (Fsp3) is 0.250. The van der Waals surface area contributed by atoms with Crippen LogP contribution in [0.5, 0.6) is 0 Å². The monoisotopic (exact) mass is 416 g/mol. The van der Waals surface area contributed by atoms with Crippen molar-refractivity contribution in [2.45, 2.75) is 39.0 Å². The number of fused-ring (bicyclic) bond motifs is 5. The lowest BCUT2D eigenvalue weighted by atomic mass is 9.86. The van der Waals surface area contributed by atoms with Crippen molar-refractivity contribution in [2.24, 2.45) is 0 Å². The summed E-state index contributed by atoms with van der Waals surface area (Å²) in [7, 11) is 0. The highest BCUT2D eigenvalue weighted by Gasteiger charge is 2.45. The van der Waals surface area contributed by atoms with Crippen LogP contribution in [0.15, 0.2) is 41.2 Å². The molecule has 0 saturated heterocycles. The van der Waals surface area contributed by atoms with Gasteiger partial charge in [0.15, 0.2) is 11.4 Å². The fourth-order valence-electron chi connectivity index (χ4n) is 4.45. The number of aliphatic hydroxyl groups is 1. The number of rotatable bonds is 3. The van der Waals surface area contributed by atoms with Gasteiger partial charge in [0.1, 0.15) is 6.61 Å². The molecule has 4 heterocycles. The lowest BCUT2D eigenvalue weighted by molar-refractivity contribution is -0.172. The molecule has 1 aromatic carbocycles. The molecular formula is C24H20N2O5. The van der Waals surface area contributed by atoms with Gasteiger partial charge in [-0.2, -0.15) is 0 Å². The standard InChI is InChI=1S/C24H20N2O5/c1-3-24(30)18-10-20-21-16(11-26(20)22(28)17(18)12-31-23(24)29)14(9-8-13(2)27)15-6-4-5-7-19(15)25-21/h4-10,30H,3,11-12H2,1-2H3/b9-8+/t24-/m0/s1. The minimum absolute atomic E-state index is 0.0820. The van der Waals surface area contributed by atoms with E-state index in [1.807, 2.05) is 24.3 Å². The third-order valence-electron chi connectivity index (χ3n) is 6.12. The number of hydrogen-bond acceptors (Lipinski definition) is 6. The Morgan fingerprint density at radius 1 is 1.29 bits per heavy atom. The summed E-state index contributed by atoms with van der Waals surface area (Å²) in [5.41, 5.74) is 1.93. The van der Waals surface area contributed by atoms with Gasteiger partial charge in [0.25, 0.3) is 5.56 Å². The van der Waals surface area contributed by atoms with Crippen molar-refractivity contribution in [1.82, 2.24) is 9.55 Å². The van der Waals surface area contributed by atoms with Crippen molar-refractivity contribution < 1.29 is 19.4 Å². The normalized spacial score (nSPS) is 19.3. The van der Waals surface area contributed by atoms with Crippen molar-refractivity contribution in [3.8, 4) is 11.4 Å². The quantitative estimate of drug-likeness (QED) is 0.407. The van der Waals surface area contributed by atoms with E-state index in [-0.39, 0.29) is 42.0 Å². The predicted molar refractivity (Wildman–Crippen MR) is 114 cm³/mol. The van der Waals surface area contributed by atoms with Crippen molar-refractivity contribution >= 4 is 28.7 Å². The largest absolute Gasteiger partial charge is 0.458 e. The second-order valence-corrected chi connectivity index (χ2v) is 7.92. The number of nitrogens with zero attached hydrogens (tertiary/aromatic N) is 2. The van der Waals surface area contributed by atoms with Gasteiger partial charge in [-0.25, -0.2) is 9.78 Å². The van der Waals surface area contributed by atoms with Gasteiger partial charge in [-0.1, -0.05) is 31.2 Å². The van der Waals surface area contributed by atoms with Crippen molar-refractivity contribution in [3.05, 3.63) is 69.0 Å². The lowest BCUT2D eigenvalue weighted by Gasteiger charge is -2.31. The van der Waals surface area contributed by atoms with E-state index in [1.54, 1.807) is 23.6 Å². The Morgan fingerprint density at radius 3 is 2.81 bits per heavy atom. The van der Waals surface area contributed by atoms with E-state index in [0.717, 1.165) is 22.0 Å². The molecule has 5 rings (SSSR count).